The fraction of sp³-hybridized carbons (Fsp3) is 0.130. The van der Waals surface area contributed by atoms with Gasteiger partial charge in [0.25, 0.3) is 5.91 Å². The number of H-pyrrole nitrogens is 1. The summed E-state index contributed by atoms with van der Waals surface area (Å²) in [4.78, 5) is 12.6. The van der Waals surface area contributed by atoms with Gasteiger partial charge in [0.2, 0.25) is 0 Å². The Hall–Kier alpha value is -3.94. The molecule has 0 aliphatic heterocycles. The Labute approximate surface area is 177 Å². The molecule has 0 saturated heterocycles. The molecular formula is C23H20F2N4O2. The number of alkyl halides is 2. The van der Waals surface area contributed by atoms with Crippen molar-refractivity contribution in [2.75, 3.05) is 0 Å². The number of aromatic nitrogens is 3. The van der Waals surface area contributed by atoms with E-state index in [1.165, 1.54) is 12.1 Å². The van der Waals surface area contributed by atoms with E-state index in [1.807, 2.05) is 60.3 Å². The molecule has 0 aliphatic carbocycles. The van der Waals surface area contributed by atoms with Crippen LogP contribution in [0.1, 0.15) is 29.0 Å². The SMILES string of the molecule is CC(NC(=O)c1cc(-c2ccc(OC(F)F)cc2)n[nH]1)c1ccc(-n2cccc2)cc1. The molecule has 2 aromatic heterocycles. The predicted octanol–water partition coefficient (Wildman–Crippen LogP) is 4.96. The molecule has 4 aromatic rings. The van der Waals surface area contributed by atoms with Gasteiger partial charge in [-0.2, -0.15) is 13.9 Å². The average Bonchev–Trinajstić information content (AvgIpc) is 3.46. The number of carbonyl (C=O) groups is 1. The summed E-state index contributed by atoms with van der Waals surface area (Å²) in [5.74, 6) is -0.234. The summed E-state index contributed by atoms with van der Waals surface area (Å²) < 4.78 is 30.9. The Morgan fingerprint density at radius 1 is 1.06 bits per heavy atom. The maximum atomic E-state index is 12.6. The third kappa shape index (κ3) is 4.80. The van der Waals surface area contributed by atoms with Gasteiger partial charge in [0.05, 0.1) is 11.7 Å². The van der Waals surface area contributed by atoms with Crippen LogP contribution in [0.15, 0.2) is 79.1 Å². The zero-order valence-corrected chi connectivity index (χ0v) is 16.6. The molecule has 8 heteroatoms. The van der Waals surface area contributed by atoms with Crippen molar-refractivity contribution in [2.24, 2.45) is 0 Å². The van der Waals surface area contributed by atoms with Crippen LogP contribution in [0.25, 0.3) is 16.9 Å². The van der Waals surface area contributed by atoms with Gasteiger partial charge in [-0.3, -0.25) is 9.89 Å². The molecule has 0 aliphatic rings. The van der Waals surface area contributed by atoms with Crippen molar-refractivity contribution in [1.29, 1.82) is 0 Å². The quantitative estimate of drug-likeness (QED) is 0.442. The summed E-state index contributed by atoms with van der Waals surface area (Å²) in [5, 5.41) is 9.80. The summed E-state index contributed by atoms with van der Waals surface area (Å²) in [6.45, 7) is -0.972. The van der Waals surface area contributed by atoms with Crippen LogP contribution in [-0.2, 0) is 0 Å². The Morgan fingerprint density at radius 2 is 1.74 bits per heavy atom. The summed E-state index contributed by atoms with van der Waals surface area (Å²) >= 11 is 0. The van der Waals surface area contributed by atoms with Crippen LogP contribution < -0.4 is 10.1 Å². The lowest BCUT2D eigenvalue weighted by atomic mass is 10.1. The Bertz CT molecular complexity index is 1140. The summed E-state index contributed by atoms with van der Waals surface area (Å²) in [6.07, 6.45) is 3.94. The summed E-state index contributed by atoms with van der Waals surface area (Å²) in [6, 6.07) is 19.3. The molecule has 1 atom stereocenters. The highest BCUT2D eigenvalue weighted by atomic mass is 19.3. The van der Waals surface area contributed by atoms with Crippen LogP contribution in [0.3, 0.4) is 0 Å². The van der Waals surface area contributed by atoms with Crippen LogP contribution in [0.5, 0.6) is 5.75 Å². The number of halogens is 2. The first-order valence-corrected chi connectivity index (χ1v) is 9.64. The number of benzene rings is 2. The highest BCUT2D eigenvalue weighted by Crippen LogP contribution is 2.23. The zero-order chi connectivity index (χ0) is 21.8. The third-order valence-corrected chi connectivity index (χ3v) is 4.84. The number of nitrogens with one attached hydrogen (secondary N) is 2. The second-order valence-electron chi connectivity index (χ2n) is 6.95. The van der Waals surface area contributed by atoms with Gasteiger partial charge in [-0.15, -0.1) is 0 Å². The predicted molar refractivity (Wildman–Crippen MR) is 112 cm³/mol. The normalized spacial score (nSPS) is 12.0. The van der Waals surface area contributed by atoms with Crippen molar-refractivity contribution in [1.82, 2.24) is 20.1 Å². The third-order valence-electron chi connectivity index (χ3n) is 4.84. The van der Waals surface area contributed by atoms with Crippen molar-refractivity contribution in [3.05, 3.63) is 90.4 Å². The molecule has 2 N–H and O–H groups in total. The monoisotopic (exact) mass is 422 g/mol. The molecule has 6 nitrogen and oxygen atoms in total. The molecule has 0 bridgehead atoms. The van der Waals surface area contributed by atoms with Gasteiger partial charge in [0.1, 0.15) is 11.4 Å². The van der Waals surface area contributed by atoms with Gasteiger partial charge < -0.3 is 14.6 Å². The van der Waals surface area contributed by atoms with Crippen molar-refractivity contribution < 1.29 is 18.3 Å². The van der Waals surface area contributed by atoms with E-state index in [9.17, 15) is 13.6 Å². The number of aromatic amines is 1. The van der Waals surface area contributed by atoms with Crippen LogP contribution in [0.4, 0.5) is 8.78 Å². The molecule has 4 rings (SSSR count). The van der Waals surface area contributed by atoms with Gasteiger partial charge in [0, 0.05) is 23.6 Å². The molecule has 0 spiro atoms. The standard InChI is InChI=1S/C23H20F2N4O2/c1-15(16-4-8-18(9-5-16)29-12-2-3-13-29)26-22(30)21-14-20(27-28-21)17-6-10-19(11-7-17)31-23(24)25/h2-15,23H,1H3,(H,26,30)(H,27,28). The Kier molecular flexibility index (Phi) is 5.79. The minimum Gasteiger partial charge on any atom is -0.435 e. The number of rotatable bonds is 7. The van der Waals surface area contributed by atoms with E-state index >= 15 is 0 Å². The highest BCUT2D eigenvalue weighted by molar-refractivity contribution is 5.93. The first-order chi connectivity index (χ1) is 15.0. The first kappa shape index (κ1) is 20.3. The van der Waals surface area contributed by atoms with Crippen molar-refractivity contribution in [3.63, 3.8) is 0 Å². The van der Waals surface area contributed by atoms with Crippen molar-refractivity contribution in [3.8, 4) is 22.7 Å². The number of hydrogen-bond donors (Lipinski definition) is 2. The van der Waals surface area contributed by atoms with E-state index in [-0.39, 0.29) is 17.7 Å². The largest absolute Gasteiger partial charge is 0.435 e. The van der Waals surface area contributed by atoms with Crippen LogP contribution in [0.2, 0.25) is 0 Å². The van der Waals surface area contributed by atoms with Gasteiger partial charge in [-0.25, -0.2) is 0 Å². The van der Waals surface area contributed by atoms with Gasteiger partial charge in [-0.05, 0) is 67.1 Å². The van der Waals surface area contributed by atoms with E-state index in [4.69, 9.17) is 0 Å². The molecule has 0 fully saturated rings. The molecule has 0 radical (unpaired) electrons. The van der Waals surface area contributed by atoms with Gasteiger partial charge >= 0.3 is 6.61 Å². The number of carbonyl (C=O) groups excluding carboxylic acids is 1. The topological polar surface area (TPSA) is 71.9 Å². The summed E-state index contributed by atoms with van der Waals surface area (Å²) in [5.41, 5.74) is 3.51. The van der Waals surface area contributed by atoms with E-state index in [0.29, 0.717) is 17.0 Å². The smallest absolute Gasteiger partial charge is 0.387 e. The number of hydrogen-bond acceptors (Lipinski definition) is 3. The van der Waals surface area contributed by atoms with E-state index in [2.05, 4.69) is 20.3 Å². The second kappa shape index (κ2) is 8.83. The average molecular weight is 422 g/mol. The highest BCUT2D eigenvalue weighted by Gasteiger charge is 2.15. The van der Waals surface area contributed by atoms with Crippen LogP contribution in [0, 0.1) is 0 Å². The maximum Gasteiger partial charge on any atom is 0.387 e. The number of ether oxygens (including phenoxy) is 1. The molecule has 1 amide bonds. The van der Waals surface area contributed by atoms with Gasteiger partial charge in [-0.1, -0.05) is 12.1 Å². The lowest BCUT2D eigenvalue weighted by molar-refractivity contribution is -0.0498. The minimum atomic E-state index is -2.88. The lowest BCUT2D eigenvalue weighted by Crippen LogP contribution is -2.26. The maximum absolute atomic E-state index is 12.6. The Balaban J connectivity index is 1.40. The zero-order valence-electron chi connectivity index (χ0n) is 16.6. The molecule has 2 aromatic carbocycles. The summed E-state index contributed by atoms with van der Waals surface area (Å²) in [7, 11) is 0. The molecule has 31 heavy (non-hydrogen) atoms. The minimum absolute atomic E-state index is 0.0591. The van der Waals surface area contributed by atoms with Crippen molar-refractivity contribution >= 4 is 5.91 Å². The fourth-order valence-electron chi connectivity index (χ4n) is 3.19. The second-order valence-corrected chi connectivity index (χ2v) is 6.95. The molecular weight excluding hydrogens is 402 g/mol. The lowest BCUT2D eigenvalue weighted by Gasteiger charge is -2.14. The molecule has 1 unspecified atom stereocenters. The molecule has 2 heterocycles. The fourth-order valence-corrected chi connectivity index (χ4v) is 3.19. The van der Waals surface area contributed by atoms with E-state index < -0.39 is 6.61 Å². The molecule has 0 saturated carbocycles. The van der Waals surface area contributed by atoms with Crippen molar-refractivity contribution in [2.45, 2.75) is 19.6 Å². The van der Waals surface area contributed by atoms with E-state index in [0.717, 1.165) is 11.3 Å². The number of amides is 1. The Morgan fingerprint density at radius 3 is 2.39 bits per heavy atom. The first-order valence-electron chi connectivity index (χ1n) is 9.64. The number of nitrogens with zero attached hydrogens (tertiary/aromatic N) is 2. The van der Waals surface area contributed by atoms with Gasteiger partial charge in [0.15, 0.2) is 0 Å². The van der Waals surface area contributed by atoms with E-state index in [1.54, 1.807) is 18.2 Å². The molecule has 158 valence electrons. The van der Waals surface area contributed by atoms with Crippen LogP contribution >= 0.6 is 0 Å². The van der Waals surface area contributed by atoms with Crippen LogP contribution in [-0.4, -0.2) is 27.3 Å².